The second-order valence-corrected chi connectivity index (χ2v) is 4.80. The van der Waals surface area contributed by atoms with E-state index in [2.05, 4.69) is 40.9 Å². The molecule has 1 nitrogen and oxygen atoms in total. The van der Waals surface area contributed by atoms with Gasteiger partial charge in [0.15, 0.2) is 0 Å². The summed E-state index contributed by atoms with van der Waals surface area (Å²) in [6.45, 7) is 4.20. The van der Waals surface area contributed by atoms with Crippen LogP contribution in [0.3, 0.4) is 0 Å². The highest BCUT2D eigenvalue weighted by atomic mass is 79.9. The second-order valence-electron chi connectivity index (χ2n) is 3.47. The van der Waals surface area contributed by atoms with Crippen molar-refractivity contribution >= 4 is 27.5 Å². The van der Waals surface area contributed by atoms with Crippen molar-refractivity contribution in [1.82, 2.24) is 4.90 Å². The topological polar surface area (TPSA) is 3.24 Å². The summed E-state index contributed by atoms with van der Waals surface area (Å²) in [4.78, 5) is 2.27. The molecule has 0 aromatic heterocycles. The quantitative estimate of drug-likeness (QED) is 0.805. The van der Waals surface area contributed by atoms with Gasteiger partial charge < -0.3 is 4.90 Å². The molecule has 0 saturated heterocycles. The standard InChI is InChI=1S/C11H15BrClN/c1-3-6-14(2)8-9-4-5-10(12)7-11(9)13/h4-5,7H,3,6,8H2,1-2H3. The Kier molecular flexibility index (Phi) is 4.93. The fourth-order valence-electron chi connectivity index (χ4n) is 1.40. The molecular formula is C11H15BrClN. The highest BCUT2D eigenvalue weighted by Crippen LogP contribution is 2.22. The van der Waals surface area contributed by atoms with Gasteiger partial charge in [-0.25, -0.2) is 0 Å². The second kappa shape index (κ2) is 5.74. The number of halogens is 2. The predicted octanol–water partition coefficient (Wildman–Crippen LogP) is 3.94. The van der Waals surface area contributed by atoms with Gasteiger partial charge in [0.2, 0.25) is 0 Å². The van der Waals surface area contributed by atoms with Crippen molar-refractivity contribution in [2.45, 2.75) is 19.9 Å². The molecule has 0 radical (unpaired) electrons. The smallest absolute Gasteiger partial charge is 0.0462 e. The Morgan fingerprint density at radius 2 is 2.14 bits per heavy atom. The van der Waals surface area contributed by atoms with E-state index in [1.807, 2.05) is 12.1 Å². The molecular weight excluding hydrogens is 261 g/mol. The lowest BCUT2D eigenvalue weighted by atomic mass is 10.2. The summed E-state index contributed by atoms with van der Waals surface area (Å²) >= 11 is 9.51. The molecule has 1 rings (SSSR count). The third kappa shape index (κ3) is 3.60. The molecule has 0 aliphatic carbocycles. The lowest BCUT2D eigenvalue weighted by Crippen LogP contribution is -2.18. The molecule has 0 atom stereocenters. The number of rotatable bonds is 4. The monoisotopic (exact) mass is 275 g/mol. The minimum atomic E-state index is 0.835. The van der Waals surface area contributed by atoms with Crippen LogP contribution in [0, 0.1) is 0 Å². The summed E-state index contributed by atoms with van der Waals surface area (Å²) in [5.74, 6) is 0. The Bertz CT molecular complexity index is 301. The van der Waals surface area contributed by atoms with Crippen LogP contribution in [0.25, 0.3) is 0 Å². The van der Waals surface area contributed by atoms with Gasteiger partial charge in [-0.1, -0.05) is 40.5 Å². The van der Waals surface area contributed by atoms with Gasteiger partial charge in [-0.15, -0.1) is 0 Å². The van der Waals surface area contributed by atoms with Gasteiger partial charge in [-0.05, 0) is 37.7 Å². The molecule has 0 amide bonds. The molecule has 0 aliphatic rings. The first-order chi connectivity index (χ1) is 6.63. The lowest BCUT2D eigenvalue weighted by molar-refractivity contribution is 0.327. The first-order valence-corrected chi connectivity index (χ1v) is 5.93. The van der Waals surface area contributed by atoms with Crippen LogP contribution < -0.4 is 0 Å². The number of hydrogen-bond donors (Lipinski definition) is 0. The number of nitrogens with zero attached hydrogens (tertiary/aromatic N) is 1. The lowest BCUT2D eigenvalue weighted by Gasteiger charge is -2.16. The summed E-state index contributed by atoms with van der Waals surface area (Å²) in [6, 6.07) is 6.04. The number of hydrogen-bond acceptors (Lipinski definition) is 1. The highest BCUT2D eigenvalue weighted by molar-refractivity contribution is 9.10. The van der Waals surface area contributed by atoms with Gasteiger partial charge in [0.05, 0.1) is 0 Å². The molecule has 0 bridgehead atoms. The van der Waals surface area contributed by atoms with E-state index in [1.165, 1.54) is 12.0 Å². The Hall–Kier alpha value is -0.0500. The van der Waals surface area contributed by atoms with Crippen LogP contribution >= 0.6 is 27.5 Å². The van der Waals surface area contributed by atoms with E-state index >= 15 is 0 Å². The SMILES string of the molecule is CCCN(C)Cc1ccc(Br)cc1Cl. The first-order valence-electron chi connectivity index (χ1n) is 4.76. The Labute approximate surface area is 99.2 Å². The molecule has 78 valence electrons. The zero-order chi connectivity index (χ0) is 10.6. The van der Waals surface area contributed by atoms with Crippen molar-refractivity contribution in [1.29, 1.82) is 0 Å². The first kappa shape index (κ1) is 12.0. The third-order valence-electron chi connectivity index (χ3n) is 2.06. The molecule has 0 fully saturated rings. The van der Waals surface area contributed by atoms with Gasteiger partial charge in [-0.3, -0.25) is 0 Å². The van der Waals surface area contributed by atoms with Crippen molar-refractivity contribution in [2.75, 3.05) is 13.6 Å². The maximum absolute atomic E-state index is 6.12. The van der Waals surface area contributed by atoms with Crippen LogP contribution in [0.1, 0.15) is 18.9 Å². The molecule has 0 heterocycles. The zero-order valence-electron chi connectivity index (χ0n) is 8.56. The minimum Gasteiger partial charge on any atom is -0.302 e. The maximum atomic E-state index is 6.12. The van der Waals surface area contributed by atoms with Crippen molar-refractivity contribution in [3.05, 3.63) is 33.3 Å². The summed E-state index contributed by atoms with van der Waals surface area (Å²) < 4.78 is 1.03. The van der Waals surface area contributed by atoms with Gasteiger partial charge in [-0.2, -0.15) is 0 Å². The summed E-state index contributed by atoms with van der Waals surface area (Å²) in [5, 5.41) is 0.835. The van der Waals surface area contributed by atoms with Crippen LogP contribution in [0.5, 0.6) is 0 Å². The van der Waals surface area contributed by atoms with E-state index in [1.54, 1.807) is 0 Å². The fraction of sp³-hybridized carbons (Fsp3) is 0.455. The normalized spacial score (nSPS) is 10.9. The van der Waals surface area contributed by atoms with Crippen LogP contribution in [0.4, 0.5) is 0 Å². The highest BCUT2D eigenvalue weighted by Gasteiger charge is 2.03. The van der Waals surface area contributed by atoms with Crippen molar-refractivity contribution in [3.63, 3.8) is 0 Å². The maximum Gasteiger partial charge on any atom is 0.0462 e. The summed E-state index contributed by atoms with van der Waals surface area (Å²) in [6.07, 6.45) is 1.17. The van der Waals surface area contributed by atoms with Crippen LogP contribution in [-0.4, -0.2) is 18.5 Å². The Morgan fingerprint density at radius 1 is 1.43 bits per heavy atom. The van der Waals surface area contributed by atoms with Gasteiger partial charge in [0.1, 0.15) is 0 Å². The molecule has 14 heavy (non-hydrogen) atoms. The van der Waals surface area contributed by atoms with Crippen molar-refractivity contribution in [2.24, 2.45) is 0 Å². The molecule has 0 N–H and O–H groups in total. The van der Waals surface area contributed by atoms with E-state index < -0.39 is 0 Å². The predicted molar refractivity (Wildman–Crippen MR) is 65.8 cm³/mol. The molecule has 1 aromatic carbocycles. The van der Waals surface area contributed by atoms with Gasteiger partial charge >= 0.3 is 0 Å². The average molecular weight is 277 g/mol. The zero-order valence-corrected chi connectivity index (χ0v) is 10.9. The summed E-state index contributed by atoms with van der Waals surface area (Å²) in [5.41, 5.74) is 1.19. The van der Waals surface area contributed by atoms with Crippen molar-refractivity contribution in [3.8, 4) is 0 Å². The van der Waals surface area contributed by atoms with Gasteiger partial charge in [0, 0.05) is 16.0 Å². The van der Waals surface area contributed by atoms with Crippen molar-refractivity contribution < 1.29 is 0 Å². The molecule has 1 aromatic rings. The molecule has 0 unspecified atom stereocenters. The van der Waals surface area contributed by atoms with Crippen LogP contribution in [0.15, 0.2) is 22.7 Å². The Balaban J connectivity index is 2.67. The number of benzene rings is 1. The van der Waals surface area contributed by atoms with E-state index in [0.717, 1.165) is 22.6 Å². The molecule has 0 aliphatic heterocycles. The van der Waals surface area contributed by atoms with Crippen LogP contribution in [-0.2, 0) is 6.54 Å². The molecule has 0 saturated carbocycles. The fourth-order valence-corrected chi connectivity index (χ4v) is 2.13. The Morgan fingerprint density at radius 3 is 2.71 bits per heavy atom. The average Bonchev–Trinajstić information content (AvgIpc) is 2.10. The van der Waals surface area contributed by atoms with E-state index in [0.29, 0.717) is 0 Å². The van der Waals surface area contributed by atoms with E-state index in [-0.39, 0.29) is 0 Å². The minimum absolute atomic E-state index is 0.835. The summed E-state index contributed by atoms with van der Waals surface area (Å²) in [7, 11) is 2.11. The van der Waals surface area contributed by atoms with E-state index in [9.17, 15) is 0 Å². The van der Waals surface area contributed by atoms with Gasteiger partial charge in [0.25, 0.3) is 0 Å². The molecule has 3 heteroatoms. The third-order valence-corrected chi connectivity index (χ3v) is 2.91. The van der Waals surface area contributed by atoms with Crippen LogP contribution in [0.2, 0.25) is 5.02 Å². The largest absolute Gasteiger partial charge is 0.302 e. The molecule has 0 spiro atoms. The van der Waals surface area contributed by atoms with E-state index in [4.69, 9.17) is 11.6 Å².